The van der Waals surface area contributed by atoms with Gasteiger partial charge in [-0.05, 0) is 37.1 Å². The summed E-state index contributed by atoms with van der Waals surface area (Å²) in [6.45, 7) is 4.81. The first-order valence-electron chi connectivity index (χ1n) is 5.94. The highest BCUT2D eigenvalue weighted by Crippen LogP contribution is 2.17. The maximum atomic E-state index is 12.3. The van der Waals surface area contributed by atoms with Crippen molar-refractivity contribution in [2.45, 2.75) is 26.8 Å². The topological polar surface area (TPSA) is 34.9 Å². The van der Waals surface area contributed by atoms with Gasteiger partial charge in [-0.25, -0.2) is 0 Å². The molecule has 2 aromatic rings. The third-order valence-corrected chi connectivity index (χ3v) is 2.87. The molecule has 0 unspecified atom stereocenters. The zero-order valence-corrected chi connectivity index (χ0v) is 11.2. The molecule has 0 saturated carbocycles. The molecule has 0 aliphatic rings. The van der Waals surface area contributed by atoms with Crippen LogP contribution in [0.5, 0.6) is 0 Å². The van der Waals surface area contributed by atoms with Gasteiger partial charge >= 0.3 is 0 Å². The molecule has 0 radical (unpaired) electrons. The summed E-state index contributed by atoms with van der Waals surface area (Å²) in [5.41, 5.74) is 2.19. The Labute approximate surface area is 111 Å². The average molecular weight is 263 g/mol. The second-order valence-electron chi connectivity index (χ2n) is 4.34. The maximum Gasteiger partial charge on any atom is 0.196 e. The molecule has 18 heavy (non-hydrogen) atoms. The number of rotatable bonds is 4. The van der Waals surface area contributed by atoms with Crippen LogP contribution in [0, 0.1) is 6.92 Å². The maximum absolute atomic E-state index is 12.3. The van der Waals surface area contributed by atoms with Crippen LogP contribution in [0.25, 0.3) is 0 Å². The highest BCUT2D eigenvalue weighted by Gasteiger charge is 2.12. The molecule has 0 atom stereocenters. The molecule has 2 rings (SSSR count). The number of ketones is 1. The van der Waals surface area contributed by atoms with Gasteiger partial charge in [0.2, 0.25) is 0 Å². The van der Waals surface area contributed by atoms with Crippen molar-refractivity contribution in [1.29, 1.82) is 0 Å². The molecule has 0 aliphatic carbocycles. The van der Waals surface area contributed by atoms with Crippen molar-refractivity contribution in [3.8, 4) is 0 Å². The van der Waals surface area contributed by atoms with E-state index in [1.165, 1.54) is 0 Å². The molecule has 1 aromatic carbocycles. The number of benzene rings is 1. The summed E-state index contributed by atoms with van der Waals surface area (Å²) < 4.78 is 1.78. The van der Waals surface area contributed by atoms with Crippen LogP contribution in [0.15, 0.2) is 30.6 Å². The van der Waals surface area contributed by atoms with Crippen LogP contribution in [0.1, 0.15) is 34.8 Å². The van der Waals surface area contributed by atoms with E-state index in [0.29, 0.717) is 16.1 Å². The van der Waals surface area contributed by atoms with E-state index in [1.54, 1.807) is 23.1 Å². The summed E-state index contributed by atoms with van der Waals surface area (Å²) in [5.74, 6) is -0.0389. The van der Waals surface area contributed by atoms with Crippen LogP contribution in [0.4, 0.5) is 0 Å². The van der Waals surface area contributed by atoms with Gasteiger partial charge in [0.25, 0.3) is 0 Å². The molecule has 3 nitrogen and oxygen atoms in total. The number of aryl methyl sites for hydroxylation is 2. The van der Waals surface area contributed by atoms with E-state index in [2.05, 4.69) is 12.0 Å². The number of hydrogen-bond donors (Lipinski definition) is 0. The zero-order chi connectivity index (χ0) is 13.1. The first-order chi connectivity index (χ1) is 8.60. The van der Waals surface area contributed by atoms with E-state index in [0.717, 1.165) is 18.5 Å². The van der Waals surface area contributed by atoms with Crippen molar-refractivity contribution in [1.82, 2.24) is 9.78 Å². The van der Waals surface area contributed by atoms with Crippen LogP contribution >= 0.6 is 11.6 Å². The summed E-state index contributed by atoms with van der Waals surface area (Å²) in [5, 5.41) is 4.74. The van der Waals surface area contributed by atoms with Crippen LogP contribution in [-0.4, -0.2) is 15.6 Å². The van der Waals surface area contributed by atoms with Crippen molar-refractivity contribution < 1.29 is 4.79 Å². The minimum atomic E-state index is -0.0389. The van der Waals surface area contributed by atoms with Crippen molar-refractivity contribution >= 4 is 17.4 Å². The van der Waals surface area contributed by atoms with E-state index in [4.69, 9.17) is 11.6 Å². The Balaban J connectivity index is 2.29. The highest BCUT2D eigenvalue weighted by molar-refractivity contribution is 6.31. The average Bonchev–Trinajstić information content (AvgIpc) is 2.76. The van der Waals surface area contributed by atoms with Crippen LogP contribution in [0.3, 0.4) is 0 Å². The lowest BCUT2D eigenvalue weighted by molar-refractivity contribution is 0.103. The van der Waals surface area contributed by atoms with E-state index >= 15 is 0 Å². The van der Waals surface area contributed by atoms with E-state index in [1.807, 2.05) is 19.1 Å². The van der Waals surface area contributed by atoms with Crippen LogP contribution in [-0.2, 0) is 6.54 Å². The molecule has 0 spiro atoms. The van der Waals surface area contributed by atoms with Crippen molar-refractivity contribution in [3.05, 3.63) is 52.3 Å². The first-order valence-corrected chi connectivity index (χ1v) is 6.32. The standard InChI is InChI=1S/C14H15ClN2O/c1-3-4-17-9-12(8-16-17)14(18)11-5-10(2)6-13(15)7-11/h5-9H,3-4H2,1-2H3. The molecule has 0 amide bonds. The number of halogens is 1. The second kappa shape index (κ2) is 5.36. The zero-order valence-electron chi connectivity index (χ0n) is 10.5. The summed E-state index contributed by atoms with van der Waals surface area (Å²) >= 11 is 5.96. The van der Waals surface area contributed by atoms with Crippen LogP contribution in [0.2, 0.25) is 5.02 Å². The molecule has 0 bridgehead atoms. The summed E-state index contributed by atoms with van der Waals surface area (Å²) in [4.78, 5) is 12.3. The van der Waals surface area contributed by atoms with Gasteiger partial charge in [-0.15, -0.1) is 0 Å². The van der Waals surface area contributed by atoms with Gasteiger partial charge in [-0.3, -0.25) is 9.48 Å². The van der Waals surface area contributed by atoms with Gasteiger partial charge in [-0.2, -0.15) is 5.10 Å². The third-order valence-electron chi connectivity index (χ3n) is 2.65. The Morgan fingerprint density at radius 1 is 1.33 bits per heavy atom. The second-order valence-corrected chi connectivity index (χ2v) is 4.77. The van der Waals surface area contributed by atoms with Gasteiger partial charge in [-0.1, -0.05) is 18.5 Å². The fraction of sp³-hybridized carbons (Fsp3) is 0.286. The van der Waals surface area contributed by atoms with Gasteiger partial charge < -0.3 is 0 Å². The lowest BCUT2D eigenvalue weighted by Crippen LogP contribution is -2.01. The number of nitrogens with zero attached hydrogens (tertiary/aromatic N) is 2. The molecule has 0 saturated heterocycles. The lowest BCUT2D eigenvalue weighted by Gasteiger charge is -2.01. The van der Waals surface area contributed by atoms with Crippen molar-refractivity contribution in [2.24, 2.45) is 0 Å². The van der Waals surface area contributed by atoms with E-state index in [9.17, 15) is 4.79 Å². The molecular formula is C14H15ClN2O. The first kappa shape index (κ1) is 12.8. The van der Waals surface area contributed by atoms with Crippen molar-refractivity contribution in [2.75, 3.05) is 0 Å². The Hall–Kier alpha value is -1.61. The fourth-order valence-electron chi connectivity index (χ4n) is 1.87. The number of aromatic nitrogens is 2. The summed E-state index contributed by atoms with van der Waals surface area (Å²) in [6, 6.07) is 5.36. The summed E-state index contributed by atoms with van der Waals surface area (Å²) in [7, 11) is 0. The Morgan fingerprint density at radius 2 is 2.11 bits per heavy atom. The minimum Gasteiger partial charge on any atom is -0.288 e. The molecular weight excluding hydrogens is 248 g/mol. The van der Waals surface area contributed by atoms with Crippen LogP contribution < -0.4 is 0 Å². The third kappa shape index (κ3) is 2.79. The predicted octanol–water partition coefficient (Wildman–Crippen LogP) is 3.49. The lowest BCUT2D eigenvalue weighted by atomic mass is 10.0. The molecule has 0 N–H and O–H groups in total. The number of carbonyl (C=O) groups is 1. The highest BCUT2D eigenvalue weighted by atomic mass is 35.5. The van der Waals surface area contributed by atoms with E-state index < -0.39 is 0 Å². The quantitative estimate of drug-likeness (QED) is 0.791. The van der Waals surface area contributed by atoms with Gasteiger partial charge in [0.05, 0.1) is 11.8 Å². The Morgan fingerprint density at radius 3 is 2.78 bits per heavy atom. The van der Waals surface area contributed by atoms with Gasteiger partial charge in [0.1, 0.15) is 0 Å². The monoisotopic (exact) mass is 262 g/mol. The van der Waals surface area contributed by atoms with E-state index in [-0.39, 0.29) is 5.78 Å². The SMILES string of the molecule is CCCn1cc(C(=O)c2cc(C)cc(Cl)c2)cn1. The number of hydrogen-bond acceptors (Lipinski definition) is 2. The molecule has 94 valence electrons. The fourth-order valence-corrected chi connectivity index (χ4v) is 2.16. The predicted molar refractivity (Wildman–Crippen MR) is 72.1 cm³/mol. The Kier molecular flexibility index (Phi) is 3.82. The largest absolute Gasteiger partial charge is 0.288 e. The van der Waals surface area contributed by atoms with Crippen molar-refractivity contribution in [3.63, 3.8) is 0 Å². The number of carbonyl (C=O) groups excluding carboxylic acids is 1. The normalized spacial score (nSPS) is 10.6. The molecule has 1 heterocycles. The molecule has 1 aromatic heterocycles. The Bertz CT molecular complexity index is 555. The summed E-state index contributed by atoms with van der Waals surface area (Å²) in [6.07, 6.45) is 4.38. The molecule has 4 heteroatoms. The van der Waals surface area contributed by atoms with Gasteiger partial charge in [0.15, 0.2) is 5.78 Å². The van der Waals surface area contributed by atoms with Gasteiger partial charge in [0, 0.05) is 23.3 Å². The smallest absolute Gasteiger partial charge is 0.196 e. The molecule has 0 aliphatic heterocycles. The minimum absolute atomic E-state index is 0.0389. The molecule has 0 fully saturated rings.